The molecule has 0 spiro atoms. The van der Waals surface area contributed by atoms with E-state index < -0.39 is 5.91 Å². The topological polar surface area (TPSA) is 72.2 Å². The molecular formula is C14H16N2O2. The quantitative estimate of drug-likeness (QED) is 0.767. The van der Waals surface area contributed by atoms with Crippen LogP contribution in [0.5, 0.6) is 0 Å². The van der Waals surface area contributed by atoms with Gasteiger partial charge in [-0.3, -0.25) is 9.59 Å². The normalized spacial score (nSPS) is 11.3. The van der Waals surface area contributed by atoms with E-state index in [1.54, 1.807) is 18.2 Å². The van der Waals surface area contributed by atoms with Crippen molar-refractivity contribution in [2.24, 2.45) is 5.73 Å². The number of carbonyl (C=O) groups is 2. The van der Waals surface area contributed by atoms with Gasteiger partial charge in [-0.2, -0.15) is 0 Å². The Balaban J connectivity index is 2.81. The fourth-order valence-electron chi connectivity index (χ4n) is 1.52. The van der Waals surface area contributed by atoms with Gasteiger partial charge < -0.3 is 11.1 Å². The first-order valence-electron chi connectivity index (χ1n) is 5.72. The largest absolute Gasteiger partial charge is 0.366 e. The Bertz CT molecular complexity index is 489. The summed E-state index contributed by atoms with van der Waals surface area (Å²) in [5.41, 5.74) is 5.88. The molecular weight excluding hydrogens is 228 g/mol. The number of nitrogens with two attached hydrogens (primary N) is 1. The molecule has 1 atom stereocenters. The van der Waals surface area contributed by atoms with Crippen molar-refractivity contribution >= 4 is 11.8 Å². The van der Waals surface area contributed by atoms with Gasteiger partial charge in [0.1, 0.15) is 0 Å². The third-order valence-corrected chi connectivity index (χ3v) is 2.60. The molecule has 0 bridgehead atoms. The highest BCUT2D eigenvalue weighted by atomic mass is 16.2. The lowest BCUT2D eigenvalue weighted by Crippen LogP contribution is -2.34. The molecule has 0 saturated heterocycles. The second-order valence-corrected chi connectivity index (χ2v) is 3.93. The molecule has 0 aliphatic rings. The number of hydrogen-bond acceptors (Lipinski definition) is 2. The van der Waals surface area contributed by atoms with Gasteiger partial charge in [-0.1, -0.05) is 13.0 Å². The molecule has 1 rings (SSSR count). The third-order valence-electron chi connectivity index (χ3n) is 2.60. The second kappa shape index (κ2) is 6.45. The Kier molecular flexibility index (Phi) is 4.94. The molecule has 1 aromatic carbocycles. The van der Waals surface area contributed by atoms with E-state index in [2.05, 4.69) is 11.2 Å². The fourth-order valence-corrected chi connectivity index (χ4v) is 1.52. The molecule has 1 aromatic rings. The van der Waals surface area contributed by atoms with Crippen LogP contribution < -0.4 is 11.1 Å². The lowest BCUT2D eigenvalue weighted by molar-refractivity contribution is 0.0936. The van der Waals surface area contributed by atoms with Crippen LogP contribution in [-0.4, -0.2) is 17.9 Å². The van der Waals surface area contributed by atoms with Crippen molar-refractivity contribution in [2.45, 2.75) is 25.8 Å². The number of primary amides is 1. The lowest BCUT2D eigenvalue weighted by Gasteiger charge is -2.14. The maximum absolute atomic E-state index is 11.9. The van der Waals surface area contributed by atoms with Crippen molar-refractivity contribution in [3.05, 3.63) is 35.4 Å². The van der Waals surface area contributed by atoms with E-state index in [1.165, 1.54) is 6.07 Å². The zero-order chi connectivity index (χ0) is 13.5. The van der Waals surface area contributed by atoms with Crippen LogP contribution in [0, 0.1) is 12.3 Å². The Morgan fingerprint density at radius 2 is 2.11 bits per heavy atom. The molecule has 4 heteroatoms. The maximum atomic E-state index is 11.9. The summed E-state index contributed by atoms with van der Waals surface area (Å²) in [6, 6.07) is 6.24. The number of amides is 2. The van der Waals surface area contributed by atoms with E-state index in [9.17, 15) is 9.59 Å². The van der Waals surface area contributed by atoms with Crippen LogP contribution in [0.25, 0.3) is 0 Å². The molecule has 0 saturated carbocycles. The molecule has 0 aliphatic carbocycles. The number of nitrogens with one attached hydrogen (secondary N) is 1. The minimum atomic E-state index is -0.555. The van der Waals surface area contributed by atoms with Crippen molar-refractivity contribution in [1.82, 2.24) is 5.32 Å². The van der Waals surface area contributed by atoms with Gasteiger partial charge in [-0.25, -0.2) is 0 Å². The second-order valence-electron chi connectivity index (χ2n) is 3.93. The fraction of sp³-hybridized carbons (Fsp3) is 0.286. The number of carbonyl (C=O) groups excluding carboxylic acids is 2. The number of benzene rings is 1. The van der Waals surface area contributed by atoms with Gasteiger partial charge >= 0.3 is 0 Å². The molecule has 0 aromatic heterocycles. The SMILES string of the molecule is C#CCC(CC)NC(=O)c1cccc(C(N)=O)c1. The lowest BCUT2D eigenvalue weighted by atomic mass is 10.1. The number of rotatable bonds is 5. The smallest absolute Gasteiger partial charge is 0.251 e. The highest BCUT2D eigenvalue weighted by molar-refractivity contribution is 5.99. The summed E-state index contributed by atoms with van der Waals surface area (Å²) in [6.45, 7) is 1.95. The van der Waals surface area contributed by atoms with Gasteiger partial charge in [0, 0.05) is 23.6 Å². The predicted molar refractivity (Wildman–Crippen MR) is 70.0 cm³/mol. The van der Waals surface area contributed by atoms with Crippen molar-refractivity contribution < 1.29 is 9.59 Å². The zero-order valence-corrected chi connectivity index (χ0v) is 10.3. The monoisotopic (exact) mass is 244 g/mol. The summed E-state index contributed by atoms with van der Waals surface area (Å²) in [5.74, 6) is 1.71. The Hall–Kier alpha value is -2.28. The van der Waals surface area contributed by atoms with Crippen LogP contribution in [0.3, 0.4) is 0 Å². The van der Waals surface area contributed by atoms with E-state index >= 15 is 0 Å². The van der Waals surface area contributed by atoms with Gasteiger partial charge in [-0.15, -0.1) is 12.3 Å². The summed E-state index contributed by atoms with van der Waals surface area (Å²) in [4.78, 5) is 23.0. The van der Waals surface area contributed by atoms with Crippen LogP contribution in [0.2, 0.25) is 0 Å². The molecule has 4 nitrogen and oxygen atoms in total. The Morgan fingerprint density at radius 1 is 1.44 bits per heavy atom. The van der Waals surface area contributed by atoms with Crippen LogP contribution in [0.15, 0.2) is 24.3 Å². The summed E-state index contributed by atoms with van der Waals surface area (Å²) in [7, 11) is 0. The van der Waals surface area contributed by atoms with Gasteiger partial charge in [0.2, 0.25) is 5.91 Å². The van der Waals surface area contributed by atoms with Crippen LogP contribution >= 0.6 is 0 Å². The summed E-state index contributed by atoms with van der Waals surface area (Å²) >= 11 is 0. The molecule has 0 radical (unpaired) electrons. The van der Waals surface area contributed by atoms with Crippen molar-refractivity contribution in [2.75, 3.05) is 0 Å². The van der Waals surface area contributed by atoms with Gasteiger partial charge in [0.25, 0.3) is 5.91 Å². The first kappa shape index (κ1) is 13.8. The summed E-state index contributed by atoms with van der Waals surface area (Å²) in [5, 5.41) is 2.82. The van der Waals surface area contributed by atoms with Crippen LogP contribution in [0.4, 0.5) is 0 Å². The Morgan fingerprint density at radius 3 is 2.67 bits per heavy atom. The maximum Gasteiger partial charge on any atom is 0.251 e. The average Bonchev–Trinajstić information content (AvgIpc) is 2.38. The van der Waals surface area contributed by atoms with Gasteiger partial charge in [0.15, 0.2) is 0 Å². The van der Waals surface area contributed by atoms with Crippen molar-refractivity contribution in [3.63, 3.8) is 0 Å². The standard InChI is InChI=1S/C14H16N2O2/c1-3-6-12(4-2)16-14(18)11-8-5-7-10(9-11)13(15)17/h1,5,7-9,12H,4,6H2,2H3,(H2,15,17)(H,16,18). The predicted octanol–water partition coefficient (Wildman–Crippen LogP) is 1.32. The number of hydrogen-bond donors (Lipinski definition) is 2. The molecule has 0 fully saturated rings. The van der Waals surface area contributed by atoms with Gasteiger partial charge in [0.05, 0.1) is 0 Å². The first-order chi connectivity index (χ1) is 8.58. The molecule has 0 heterocycles. The van der Waals surface area contributed by atoms with E-state index in [0.29, 0.717) is 17.5 Å². The minimum absolute atomic E-state index is 0.0558. The molecule has 2 amide bonds. The zero-order valence-electron chi connectivity index (χ0n) is 10.3. The van der Waals surface area contributed by atoms with E-state index in [0.717, 1.165) is 6.42 Å². The van der Waals surface area contributed by atoms with Crippen molar-refractivity contribution in [3.8, 4) is 12.3 Å². The highest BCUT2D eigenvalue weighted by Crippen LogP contribution is 2.06. The summed E-state index contributed by atoms with van der Waals surface area (Å²) < 4.78 is 0. The number of terminal acetylenes is 1. The highest BCUT2D eigenvalue weighted by Gasteiger charge is 2.12. The Labute approximate surface area is 107 Å². The average molecular weight is 244 g/mol. The van der Waals surface area contributed by atoms with Crippen LogP contribution in [-0.2, 0) is 0 Å². The minimum Gasteiger partial charge on any atom is -0.366 e. The molecule has 0 aliphatic heterocycles. The van der Waals surface area contributed by atoms with E-state index in [-0.39, 0.29) is 11.9 Å². The van der Waals surface area contributed by atoms with Gasteiger partial charge in [-0.05, 0) is 24.6 Å². The summed E-state index contributed by atoms with van der Waals surface area (Å²) in [6.07, 6.45) is 6.46. The van der Waals surface area contributed by atoms with Crippen LogP contribution in [0.1, 0.15) is 40.5 Å². The molecule has 3 N–H and O–H groups in total. The molecule has 18 heavy (non-hydrogen) atoms. The molecule has 94 valence electrons. The molecule has 1 unspecified atom stereocenters. The third kappa shape index (κ3) is 3.63. The van der Waals surface area contributed by atoms with Crippen molar-refractivity contribution in [1.29, 1.82) is 0 Å². The van der Waals surface area contributed by atoms with E-state index in [1.807, 2.05) is 6.92 Å². The first-order valence-corrected chi connectivity index (χ1v) is 5.72. The van der Waals surface area contributed by atoms with E-state index in [4.69, 9.17) is 12.2 Å².